The third-order valence-electron chi connectivity index (χ3n) is 8.34. The van der Waals surface area contributed by atoms with Crippen LogP contribution < -0.4 is 16.0 Å². The Morgan fingerprint density at radius 3 is 1.07 bits per heavy atom. The summed E-state index contributed by atoms with van der Waals surface area (Å²) in [6.45, 7) is 4.46. The Hall–Kier alpha value is -1.52. The van der Waals surface area contributed by atoms with Crippen LogP contribution in [0.15, 0.2) is 0 Å². The number of amides is 2. The minimum Gasteiger partial charge on any atom is -0.348 e. The lowest BCUT2D eigenvalue weighted by atomic mass is 9.89. The van der Waals surface area contributed by atoms with Gasteiger partial charge < -0.3 is 16.0 Å². The van der Waals surface area contributed by atoms with E-state index < -0.39 is 24.2 Å². The van der Waals surface area contributed by atoms with Crippen molar-refractivity contribution in [1.29, 1.82) is 0 Å². The predicted molar refractivity (Wildman–Crippen MR) is 171 cm³/mol. The highest BCUT2D eigenvalue weighted by atomic mass is 19.4. The lowest BCUT2D eigenvalue weighted by Gasteiger charge is -2.17. The van der Waals surface area contributed by atoms with E-state index in [1.54, 1.807) is 0 Å². The summed E-state index contributed by atoms with van der Waals surface area (Å²) >= 11 is 0. The van der Waals surface area contributed by atoms with Gasteiger partial charge in [0, 0.05) is 13.1 Å². The lowest BCUT2D eigenvalue weighted by molar-refractivity contribution is -0.173. The van der Waals surface area contributed by atoms with Gasteiger partial charge in [0.05, 0.1) is 0 Å². The fourth-order valence-corrected chi connectivity index (χ4v) is 5.58. The molecule has 0 bridgehead atoms. The van der Waals surface area contributed by atoms with Gasteiger partial charge in [-0.1, -0.05) is 135 Å². The summed E-state index contributed by atoms with van der Waals surface area (Å²) < 4.78 is 73.6. The number of carbonyl (C=O) groups is 2. The minimum atomic E-state index is -4.84. The average molecular weight is 660 g/mol. The standard InChI is InChI=1S/C34H63F6N3O2/c1-2-3-4-5-6-7-8-12-19-26-41-27-20-13-9-16-23-30(24-17-10-14-21-28-42-31(44)33(35,36)37)25-18-11-15-22-29-43-32(45)34(38,39)40/h30,41H,2-29H2,1H3,(H,42,44)(H,43,45). The van der Waals surface area contributed by atoms with Gasteiger partial charge in [0.2, 0.25) is 0 Å². The van der Waals surface area contributed by atoms with Crippen LogP contribution in [0.3, 0.4) is 0 Å². The van der Waals surface area contributed by atoms with Crippen LogP contribution in [-0.2, 0) is 9.59 Å². The molecule has 0 saturated heterocycles. The third-order valence-corrected chi connectivity index (χ3v) is 8.34. The maximum Gasteiger partial charge on any atom is 0.471 e. The van der Waals surface area contributed by atoms with Crippen molar-refractivity contribution in [3.8, 4) is 0 Å². The van der Waals surface area contributed by atoms with Crippen molar-refractivity contribution in [1.82, 2.24) is 16.0 Å². The molecule has 0 unspecified atom stereocenters. The molecule has 0 aromatic heterocycles. The molecule has 3 N–H and O–H groups in total. The maximum atomic E-state index is 12.3. The second-order valence-corrected chi connectivity index (χ2v) is 12.6. The van der Waals surface area contributed by atoms with Gasteiger partial charge in [-0.2, -0.15) is 26.3 Å². The Kier molecular flexibility index (Phi) is 27.7. The Morgan fingerprint density at radius 2 is 0.733 bits per heavy atom. The topological polar surface area (TPSA) is 70.2 Å². The zero-order chi connectivity index (χ0) is 33.7. The second kappa shape index (κ2) is 28.7. The van der Waals surface area contributed by atoms with Crippen molar-refractivity contribution in [2.24, 2.45) is 5.92 Å². The first-order valence-corrected chi connectivity index (χ1v) is 17.9. The van der Waals surface area contributed by atoms with Crippen molar-refractivity contribution in [3.05, 3.63) is 0 Å². The molecule has 5 nitrogen and oxygen atoms in total. The van der Waals surface area contributed by atoms with Gasteiger partial charge in [-0.15, -0.1) is 0 Å². The molecule has 0 radical (unpaired) electrons. The molecule has 45 heavy (non-hydrogen) atoms. The molecule has 0 fully saturated rings. The quantitative estimate of drug-likeness (QED) is 0.0513. The molecule has 0 aromatic carbocycles. The van der Waals surface area contributed by atoms with E-state index in [9.17, 15) is 35.9 Å². The van der Waals surface area contributed by atoms with Gasteiger partial charge in [0.25, 0.3) is 0 Å². The molecule has 0 spiro atoms. The number of unbranched alkanes of at least 4 members (excludes halogenated alkanes) is 17. The molecule has 268 valence electrons. The van der Waals surface area contributed by atoms with Gasteiger partial charge in [-0.05, 0) is 44.7 Å². The van der Waals surface area contributed by atoms with Gasteiger partial charge in [0.15, 0.2) is 0 Å². The first-order valence-electron chi connectivity index (χ1n) is 17.9. The van der Waals surface area contributed by atoms with Crippen molar-refractivity contribution < 1.29 is 35.9 Å². The summed E-state index contributed by atoms with van der Waals surface area (Å²) in [6.07, 6.45) is 16.7. The van der Waals surface area contributed by atoms with Crippen molar-refractivity contribution in [2.75, 3.05) is 26.2 Å². The van der Waals surface area contributed by atoms with Crippen LogP contribution in [0.2, 0.25) is 0 Å². The third kappa shape index (κ3) is 29.6. The maximum absolute atomic E-state index is 12.3. The molecule has 0 heterocycles. The van der Waals surface area contributed by atoms with Crippen LogP contribution in [0, 0.1) is 5.92 Å². The highest BCUT2D eigenvalue weighted by Gasteiger charge is 2.38. The second-order valence-electron chi connectivity index (χ2n) is 12.6. The number of halogens is 6. The average Bonchev–Trinajstić information content (AvgIpc) is 2.98. The van der Waals surface area contributed by atoms with Crippen molar-refractivity contribution >= 4 is 11.8 Å². The van der Waals surface area contributed by atoms with E-state index in [1.165, 1.54) is 77.0 Å². The van der Waals surface area contributed by atoms with Crippen LogP contribution >= 0.6 is 0 Å². The first-order chi connectivity index (χ1) is 21.5. The summed E-state index contributed by atoms with van der Waals surface area (Å²) in [5.41, 5.74) is 0. The van der Waals surface area contributed by atoms with E-state index in [0.29, 0.717) is 18.8 Å². The summed E-state index contributed by atoms with van der Waals surface area (Å²) in [5.74, 6) is -3.22. The molecule has 11 heteroatoms. The molecule has 0 aliphatic rings. The summed E-state index contributed by atoms with van der Waals surface area (Å²) in [4.78, 5) is 21.8. The number of alkyl halides is 6. The Labute approximate surface area is 269 Å². The van der Waals surface area contributed by atoms with Crippen LogP contribution in [0.25, 0.3) is 0 Å². The molecule has 0 aliphatic heterocycles. The zero-order valence-electron chi connectivity index (χ0n) is 28.0. The van der Waals surface area contributed by atoms with Gasteiger partial charge in [0.1, 0.15) is 0 Å². The summed E-state index contributed by atoms with van der Waals surface area (Å²) in [5, 5.41) is 7.39. The van der Waals surface area contributed by atoms with Gasteiger partial charge >= 0.3 is 24.2 Å². The highest BCUT2D eigenvalue weighted by molar-refractivity contribution is 5.81. The molecule has 0 aromatic rings. The summed E-state index contributed by atoms with van der Waals surface area (Å²) in [7, 11) is 0. The van der Waals surface area contributed by atoms with Gasteiger partial charge in [-0.25, -0.2) is 0 Å². The monoisotopic (exact) mass is 659 g/mol. The molecule has 0 rings (SSSR count). The largest absolute Gasteiger partial charge is 0.471 e. The molecular weight excluding hydrogens is 596 g/mol. The number of hydrogen-bond donors (Lipinski definition) is 3. The van der Waals surface area contributed by atoms with Gasteiger partial charge in [-0.3, -0.25) is 9.59 Å². The van der Waals surface area contributed by atoms with Crippen LogP contribution in [-0.4, -0.2) is 50.3 Å². The number of hydrogen-bond acceptors (Lipinski definition) is 3. The molecular formula is C34H63F6N3O2. The van der Waals surface area contributed by atoms with Crippen LogP contribution in [0.1, 0.15) is 161 Å². The molecule has 0 atom stereocenters. The number of carbonyl (C=O) groups excluding carboxylic acids is 2. The Morgan fingerprint density at radius 1 is 0.444 bits per heavy atom. The van der Waals surface area contributed by atoms with Crippen molar-refractivity contribution in [3.63, 3.8) is 0 Å². The summed E-state index contributed by atoms with van der Waals surface area (Å²) in [6, 6.07) is 0. The fourth-order valence-electron chi connectivity index (χ4n) is 5.58. The van der Waals surface area contributed by atoms with Crippen LogP contribution in [0.4, 0.5) is 26.3 Å². The van der Waals surface area contributed by atoms with E-state index >= 15 is 0 Å². The predicted octanol–water partition coefficient (Wildman–Crippen LogP) is 9.93. The number of rotatable bonds is 31. The van der Waals surface area contributed by atoms with E-state index in [-0.39, 0.29) is 13.1 Å². The van der Waals surface area contributed by atoms with E-state index in [1.807, 2.05) is 10.6 Å². The highest BCUT2D eigenvalue weighted by Crippen LogP contribution is 2.24. The minimum absolute atomic E-state index is 0.0270. The molecule has 0 saturated carbocycles. The first kappa shape index (κ1) is 43.5. The van der Waals surface area contributed by atoms with E-state index in [0.717, 1.165) is 77.3 Å². The number of nitrogens with one attached hydrogen (secondary N) is 3. The molecule has 2 amide bonds. The normalized spacial score (nSPS) is 12.2. The fraction of sp³-hybridized carbons (Fsp3) is 0.941. The van der Waals surface area contributed by atoms with Crippen LogP contribution in [0.5, 0.6) is 0 Å². The zero-order valence-corrected chi connectivity index (χ0v) is 28.0. The SMILES string of the molecule is CCCCCCCCCCCNCCCCCCC(CCCCCCNC(=O)C(F)(F)F)CCCCCCNC(=O)C(F)(F)F. The van der Waals surface area contributed by atoms with Crippen molar-refractivity contribution in [2.45, 2.75) is 173 Å². The Bertz CT molecular complexity index is 664. The molecule has 0 aliphatic carbocycles. The smallest absolute Gasteiger partial charge is 0.348 e. The van der Waals surface area contributed by atoms with E-state index in [4.69, 9.17) is 0 Å². The van der Waals surface area contributed by atoms with E-state index in [2.05, 4.69) is 12.2 Å². The Balaban J connectivity index is 4.05. The lowest BCUT2D eigenvalue weighted by Crippen LogP contribution is -2.37.